The van der Waals surface area contributed by atoms with Gasteiger partial charge in [0.25, 0.3) is 10.1 Å². The van der Waals surface area contributed by atoms with Gasteiger partial charge >= 0.3 is 0 Å². The summed E-state index contributed by atoms with van der Waals surface area (Å²) < 4.78 is 28.4. The van der Waals surface area contributed by atoms with Gasteiger partial charge in [0.2, 0.25) is 0 Å². The van der Waals surface area contributed by atoms with Gasteiger partial charge < -0.3 is 21.1 Å². The van der Waals surface area contributed by atoms with Crippen molar-refractivity contribution in [3.8, 4) is 0 Å². The van der Waals surface area contributed by atoms with E-state index in [2.05, 4.69) is 4.90 Å². The van der Waals surface area contributed by atoms with Crippen LogP contribution in [0.1, 0.15) is 0 Å². The molecular weight excluding hydrogens is 314 g/mol. The maximum atomic E-state index is 11.8. The zero-order valence-electron chi connectivity index (χ0n) is 12.7. The van der Waals surface area contributed by atoms with Gasteiger partial charge in [0.15, 0.2) is 0 Å². The molecule has 0 aromatic rings. The molecule has 1 rings (SSSR count). The minimum Gasteiger partial charge on any atom is -0.395 e. The molecule has 0 unspecified atom stereocenters. The Hall–Kier alpha value is -0.330. The molecule has 1 aliphatic heterocycles. The van der Waals surface area contributed by atoms with Gasteiger partial charge in [-0.1, -0.05) is 0 Å². The largest absolute Gasteiger partial charge is 0.395 e. The van der Waals surface area contributed by atoms with Gasteiger partial charge in [-0.05, 0) is 0 Å². The lowest BCUT2D eigenvalue weighted by molar-refractivity contribution is 0.0804. The Morgan fingerprint density at radius 3 is 1.95 bits per heavy atom. The van der Waals surface area contributed by atoms with Crippen LogP contribution in [0, 0.1) is 0 Å². The van der Waals surface area contributed by atoms with E-state index in [9.17, 15) is 8.42 Å². The Labute approximate surface area is 131 Å². The molecule has 1 heterocycles. The highest BCUT2D eigenvalue weighted by Gasteiger charge is 2.27. The fourth-order valence-electron chi connectivity index (χ4n) is 2.03. The fourth-order valence-corrected chi connectivity index (χ4v) is 3.04. The molecule has 0 saturated carbocycles. The van der Waals surface area contributed by atoms with Crippen molar-refractivity contribution in [2.45, 2.75) is 5.54 Å². The molecule has 0 aliphatic carbocycles. The van der Waals surface area contributed by atoms with Gasteiger partial charge in [-0.2, -0.15) is 8.42 Å². The molecule has 1 aliphatic rings. The number of hydrogen-bond donors (Lipinski definition) is 4. The summed E-state index contributed by atoms with van der Waals surface area (Å²) in [5, 5.41) is 26.9. The summed E-state index contributed by atoms with van der Waals surface area (Å²) in [4.78, 5) is 4.13. The first kappa shape index (κ1) is 19.7. The molecule has 22 heavy (non-hydrogen) atoms. The number of piperazine rings is 1. The normalized spacial score (nSPS) is 18.7. The first-order valence-corrected chi connectivity index (χ1v) is 8.85. The number of aliphatic hydroxyl groups excluding tert-OH is 3. The third-order valence-corrected chi connectivity index (χ3v) is 4.85. The number of nitrogens with zero attached hydrogens (tertiary/aromatic N) is 2. The summed E-state index contributed by atoms with van der Waals surface area (Å²) >= 11 is 0. The van der Waals surface area contributed by atoms with E-state index in [4.69, 9.17) is 25.2 Å². The van der Waals surface area contributed by atoms with Crippen LogP contribution in [0.15, 0.2) is 0 Å². The van der Waals surface area contributed by atoms with Crippen molar-refractivity contribution in [3.63, 3.8) is 0 Å². The lowest BCUT2D eigenvalue weighted by Crippen LogP contribution is -2.52. The van der Waals surface area contributed by atoms with Crippen molar-refractivity contribution in [3.05, 3.63) is 0 Å². The van der Waals surface area contributed by atoms with E-state index < -0.39 is 35.5 Å². The lowest BCUT2D eigenvalue weighted by Gasteiger charge is -2.34. The monoisotopic (exact) mass is 341 g/mol. The maximum Gasteiger partial charge on any atom is 0.268 e. The second-order valence-electron chi connectivity index (χ2n) is 5.61. The van der Waals surface area contributed by atoms with Crippen molar-refractivity contribution in [1.29, 1.82) is 0 Å². The minimum atomic E-state index is -3.76. The highest BCUT2D eigenvalue weighted by Crippen LogP contribution is 2.06. The fraction of sp³-hybridized carbons (Fsp3) is 1.00. The van der Waals surface area contributed by atoms with E-state index >= 15 is 0 Å². The third-order valence-electron chi connectivity index (χ3n) is 3.69. The smallest absolute Gasteiger partial charge is 0.268 e. The molecule has 0 atom stereocenters. The van der Waals surface area contributed by atoms with Crippen LogP contribution in [0.4, 0.5) is 0 Å². The summed E-state index contributed by atoms with van der Waals surface area (Å²) in [5.41, 5.74) is 4.11. The average molecular weight is 341 g/mol. The van der Waals surface area contributed by atoms with E-state index in [1.54, 1.807) is 0 Å². The van der Waals surface area contributed by atoms with Crippen molar-refractivity contribution in [1.82, 2.24) is 9.80 Å². The second-order valence-corrected chi connectivity index (χ2v) is 7.37. The first-order chi connectivity index (χ1) is 10.3. The van der Waals surface area contributed by atoms with E-state index in [1.165, 1.54) is 0 Å². The zero-order chi connectivity index (χ0) is 16.6. The van der Waals surface area contributed by atoms with Crippen LogP contribution < -0.4 is 5.73 Å². The summed E-state index contributed by atoms with van der Waals surface area (Å²) in [6.07, 6.45) is 0. The van der Waals surface area contributed by atoms with E-state index in [-0.39, 0.29) is 12.4 Å². The molecule has 1 fully saturated rings. The van der Waals surface area contributed by atoms with Crippen LogP contribution in [0.5, 0.6) is 0 Å². The molecular formula is C12H27N3O6S. The maximum absolute atomic E-state index is 11.8. The van der Waals surface area contributed by atoms with Crippen LogP contribution in [-0.2, 0) is 14.3 Å². The predicted molar refractivity (Wildman–Crippen MR) is 80.8 cm³/mol. The Bertz CT molecular complexity index is 407. The van der Waals surface area contributed by atoms with Gasteiger partial charge in [-0.25, -0.2) is 0 Å². The Balaban J connectivity index is 2.31. The molecule has 0 aromatic carbocycles. The quantitative estimate of drug-likeness (QED) is 0.300. The molecule has 0 spiro atoms. The van der Waals surface area contributed by atoms with Gasteiger partial charge in [0.05, 0.1) is 37.7 Å². The third kappa shape index (κ3) is 6.84. The number of hydrogen-bond acceptors (Lipinski definition) is 9. The predicted octanol–water partition coefficient (Wildman–Crippen LogP) is -3.38. The SMILES string of the molecule is NC(CO)(CO)COS(=O)(=O)CCN1CCN(CCO)CC1. The highest BCUT2D eigenvalue weighted by molar-refractivity contribution is 7.86. The highest BCUT2D eigenvalue weighted by atomic mass is 32.2. The van der Waals surface area contributed by atoms with Crippen molar-refractivity contribution in [2.75, 3.05) is 71.4 Å². The molecule has 0 aromatic heterocycles. The Morgan fingerprint density at radius 1 is 1.00 bits per heavy atom. The number of nitrogens with two attached hydrogens (primary N) is 1. The minimum absolute atomic E-state index is 0.124. The molecule has 0 amide bonds. The van der Waals surface area contributed by atoms with E-state index in [0.717, 1.165) is 26.2 Å². The van der Waals surface area contributed by atoms with Crippen molar-refractivity contribution in [2.24, 2.45) is 5.73 Å². The van der Waals surface area contributed by atoms with E-state index in [0.29, 0.717) is 13.1 Å². The van der Waals surface area contributed by atoms with Crippen LogP contribution in [0.25, 0.3) is 0 Å². The second kappa shape index (κ2) is 9.08. The topological polar surface area (TPSA) is 137 Å². The molecule has 10 heteroatoms. The van der Waals surface area contributed by atoms with Gasteiger partial charge in [0.1, 0.15) is 0 Å². The lowest BCUT2D eigenvalue weighted by atomic mass is 10.1. The van der Waals surface area contributed by atoms with Gasteiger partial charge in [-0.3, -0.25) is 14.0 Å². The Morgan fingerprint density at radius 2 is 1.50 bits per heavy atom. The molecule has 0 radical (unpaired) electrons. The molecule has 0 bridgehead atoms. The standard InChI is InChI=1S/C12H27N3O6S/c13-12(9-17,10-18)11-21-22(19,20)8-6-15-3-1-14(2-4-15)5-7-16/h16-18H,1-11,13H2. The molecule has 1 saturated heterocycles. The van der Waals surface area contributed by atoms with Crippen LogP contribution in [-0.4, -0.2) is 111 Å². The van der Waals surface area contributed by atoms with Crippen molar-refractivity contribution < 1.29 is 27.9 Å². The zero-order valence-corrected chi connectivity index (χ0v) is 13.5. The summed E-state index contributed by atoms with van der Waals surface area (Å²) in [6, 6.07) is 0. The summed E-state index contributed by atoms with van der Waals surface area (Å²) in [6.45, 7) is 2.60. The average Bonchev–Trinajstić information content (AvgIpc) is 2.52. The van der Waals surface area contributed by atoms with E-state index in [1.807, 2.05) is 4.90 Å². The molecule has 132 valence electrons. The number of rotatable bonds is 10. The molecule has 5 N–H and O–H groups in total. The Kier molecular flexibility index (Phi) is 8.14. The number of aliphatic hydroxyl groups is 3. The van der Waals surface area contributed by atoms with Gasteiger partial charge in [-0.15, -0.1) is 0 Å². The number of β-amino-alcohol motifs (C(OH)–C–C–N with tert-alkyl or cyclic N) is 1. The summed E-state index contributed by atoms with van der Waals surface area (Å²) in [7, 11) is -3.76. The molecule has 9 nitrogen and oxygen atoms in total. The van der Waals surface area contributed by atoms with Crippen LogP contribution in [0.2, 0.25) is 0 Å². The van der Waals surface area contributed by atoms with Crippen molar-refractivity contribution >= 4 is 10.1 Å². The van der Waals surface area contributed by atoms with Crippen LogP contribution >= 0.6 is 0 Å². The van der Waals surface area contributed by atoms with Crippen LogP contribution in [0.3, 0.4) is 0 Å². The first-order valence-electron chi connectivity index (χ1n) is 7.27. The van der Waals surface area contributed by atoms with Gasteiger partial charge in [0, 0.05) is 39.3 Å². The summed E-state index contributed by atoms with van der Waals surface area (Å²) in [5.74, 6) is -0.167.